The number of fused-ring (bicyclic) bond motifs is 1. The summed E-state index contributed by atoms with van der Waals surface area (Å²) < 4.78 is 33.9. The fourth-order valence-corrected chi connectivity index (χ4v) is 5.26. The van der Waals surface area contributed by atoms with E-state index in [0.717, 1.165) is 19.3 Å². The second kappa shape index (κ2) is 9.85. The van der Waals surface area contributed by atoms with Crippen LogP contribution in [0.5, 0.6) is 5.75 Å². The molecule has 4 rings (SSSR count). The van der Waals surface area contributed by atoms with Crippen LogP contribution >= 0.6 is 11.6 Å². The molecule has 6 nitrogen and oxygen atoms in total. The highest BCUT2D eigenvalue weighted by Crippen LogP contribution is 2.37. The fraction of sp³-hybridized carbons (Fsp3) is 0.240. The predicted molar refractivity (Wildman–Crippen MR) is 131 cm³/mol. The largest absolute Gasteiger partial charge is 0.476 e. The summed E-state index contributed by atoms with van der Waals surface area (Å²) in [7, 11) is -3.93. The van der Waals surface area contributed by atoms with E-state index in [2.05, 4.69) is 12.2 Å². The number of carbonyl (C=O) groups excluding carboxylic acids is 1. The Bertz CT molecular complexity index is 1230. The van der Waals surface area contributed by atoms with Gasteiger partial charge in [0.2, 0.25) is 0 Å². The number of amides is 1. The van der Waals surface area contributed by atoms with E-state index < -0.39 is 22.0 Å². The van der Waals surface area contributed by atoms with Gasteiger partial charge in [-0.05, 0) is 66.9 Å². The molecule has 1 aliphatic heterocycles. The van der Waals surface area contributed by atoms with Gasteiger partial charge in [-0.2, -0.15) is 0 Å². The molecule has 1 N–H and O–H groups in total. The van der Waals surface area contributed by atoms with Crippen molar-refractivity contribution in [2.75, 3.05) is 16.2 Å². The Kier molecular flexibility index (Phi) is 6.91. The zero-order valence-corrected chi connectivity index (χ0v) is 19.8. The quantitative estimate of drug-likeness (QED) is 0.495. The van der Waals surface area contributed by atoms with Gasteiger partial charge in [0.05, 0.1) is 17.1 Å². The lowest BCUT2D eigenvalue weighted by atomic mass is 10.1. The second-order valence-corrected chi connectivity index (χ2v) is 10.2. The van der Waals surface area contributed by atoms with Crippen molar-refractivity contribution in [3.63, 3.8) is 0 Å². The number of halogens is 1. The molecule has 1 amide bonds. The van der Waals surface area contributed by atoms with Crippen molar-refractivity contribution in [3.8, 4) is 5.75 Å². The Morgan fingerprint density at radius 3 is 2.45 bits per heavy atom. The summed E-state index contributed by atoms with van der Waals surface area (Å²) in [6.45, 7) is 2.00. The molecule has 0 bridgehead atoms. The number of hydrogen-bond acceptors (Lipinski definition) is 4. The van der Waals surface area contributed by atoms with Gasteiger partial charge in [-0.1, -0.05) is 49.2 Å². The van der Waals surface area contributed by atoms with Crippen molar-refractivity contribution < 1.29 is 17.9 Å². The number of sulfonamides is 1. The summed E-state index contributed by atoms with van der Waals surface area (Å²) in [5, 5.41) is 3.28. The highest BCUT2D eigenvalue weighted by atomic mass is 35.5. The Morgan fingerprint density at radius 1 is 1.06 bits per heavy atom. The molecule has 0 unspecified atom stereocenters. The normalized spacial score (nSPS) is 15.5. The molecule has 1 heterocycles. The maximum Gasteiger partial charge on any atom is 0.267 e. The summed E-state index contributed by atoms with van der Waals surface area (Å²) in [5.41, 5.74) is 2.23. The van der Waals surface area contributed by atoms with Gasteiger partial charge >= 0.3 is 0 Å². The van der Waals surface area contributed by atoms with Crippen LogP contribution in [-0.4, -0.2) is 27.0 Å². The number of hydrogen-bond donors (Lipinski definition) is 1. The van der Waals surface area contributed by atoms with Crippen molar-refractivity contribution in [2.24, 2.45) is 0 Å². The number of carbonyl (C=O) groups is 1. The highest BCUT2D eigenvalue weighted by Gasteiger charge is 2.37. The average Bonchev–Trinajstić information content (AvgIpc) is 2.83. The number of aryl methyl sites for hydroxylation is 1. The van der Waals surface area contributed by atoms with Crippen molar-refractivity contribution in [1.82, 2.24) is 0 Å². The van der Waals surface area contributed by atoms with Crippen LogP contribution in [0.4, 0.5) is 11.4 Å². The Hall–Kier alpha value is -3.03. The number of anilines is 2. The summed E-state index contributed by atoms with van der Waals surface area (Å²) in [6, 6.07) is 20.4. The minimum atomic E-state index is -3.93. The van der Waals surface area contributed by atoms with Gasteiger partial charge in [0.25, 0.3) is 15.9 Å². The molecule has 0 radical (unpaired) electrons. The van der Waals surface area contributed by atoms with Crippen LogP contribution in [0.15, 0.2) is 77.7 Å². The van der Waals surface area contributed by atoms with Crippen molar-refractivity contribution in [2.45, 2.75) is 37.2 Å². The summed E-state index contributed by atoms with van der Waals surface area (Å²) in [4.78, 5) is 13.1. The number of para-hydroxylation sites is 2. The fourth-order valence-electron chi connectivity index (χ4n) is 3.66. The molecule has 0 fully saturated rings. The lowest BCUT2D eigenvalue weighted by molar-refractivity contribution is -0.122. The highest BCUT2D eigenvalue weighted by molar-refractivity contribution is 7.92. The van der Waals surface area contributed by atoms with Gasteiger partial charge in [0.15, 0.2) is 6.10 Å². The van der Waals surface area contributed by atoms with Gasteiger partial charge in [0.1, 0.15) is 5.75 Å². The van der Waals surface area contributed by atoms with E-state index in [9.17, 15) is 13.2 Å². The van der Waals surface area contributed by atoms with E-state index >= 15 is 0 Å². The van der Waals surface area contributed by atoms with E-state index in [0.29, 0.717) is 22.1 Å². The van der Waals surface area contributed by atoms with Gasteiger partial charge in [-0.25, -0.2) is 8.42 Å². The summed E-state index contributed by atoms with van der Waals surface area (Å²) in [6.07, 6.45) is 2.21. The Morgan fingerprint density at radius 2 is 1.76 bits per heavy atom. The van der Waals surface area contributed by atoms with Gasteiger partial charge < -0.3 is 10.1 Å². The minimum absolute atomic E-state index is 0.0884. The number of rotatable bonds is 7. The molecule has 0 aromatic heterocycles. The molecule has 1 atom stereocenters. The van der Waals surface area contributed by atoms with E-state index in [1.54, 1.807) is 24.3 Å². The molecular weight excluding hydrogens is 460 g/mol. The van der Waals surface area contributed by atoms with E-state index in [1.165, 1.54) is 34.1 Å². The van der Waals surface area contributed by atoms with Crippen LogP contribution in [0.25, 0.3) is 0 Å². The first-order valence-corrected chi connectivity index (χ1v) is 12.6. The molecule has 3 aromatic rings. The second-order valence-electron chi connectivity index (χ2n) is 7.85. The van der Waals surface area contributed by atoms with Gasteiger partial charge in [-0.3, -0.25) is 9.10 Å². The molecule has 0 aliphatic carbocycles. The third-order valence-electron chi connectivity index (χ3n) is 5.47. The van der Waals surface area contributed by atoms with Crippen LogP contribution in [0.3, 0.4) is 0 Å². The summed E-state index contributed by atoms with van der Waals surface area (Å²) in [5.74, 6) is -0.0848. The molecular formula is C25H25ClN2O4S. The molecule has 3 aromatic carbocycles. The molecule has 0 saturated heterocycles. The smallest absolute Gasteiger partial charge is 0.267 e. The minimum Gasteiger partial charge on any atom is -0.476 e. The zero-order valence-electron chi connectivity index (χ0n) is 18.2. The monoisotopic (exact) mass is 484 g/mol. The number of ether oxygens (including phenoxy) is 1. The number of unbranched alkanes of at least 4 members (excludes halogenated alkanes) is 1. The first-order valence-electron chi connectivity index (χ1n) is 10.8. The lowest BCUT2D eigenvalue weighted by Gasteiger charge is -2.34. The lowest BCUT2D eigenvalue weighted by Crippen LogP contribution is -2.48. The molecule has 33 heavy (non-hydrogen) atoms. The molecule has 1 aliphatic rings. The molecule has 8 heteroatoms. The topological polar surface area (TPSA) is 75.7 Å². The van der Waals surface area contributed by atoms with Crippen molar-refractivity contribution in [1.29, 1.82) is 0 Å². The van der Waals surface area contributed by atoms with Gasteiger partial charge in [0, 0.05) is 10.7 Å². The third-order valence-corrected chi connectivity index (χ3v) is 7.52. The van der Waals surface area contributed by atoms with E-state index in [-0.39, 0.29) is 11.4 Å². The van der Waals surface area contributed by atoms with E-state index in [1.807, 2.05) is 24.3 Å². The average molecular weight is 485 g/mol. The molecule has 0 spiro atoms. The SMILES string of the molecule is CCCCc1ccc(NC(=O)[C@@H]2CN(S(=O)(=O)c3ccc(Cl)cc3)c3ccccc3O2)cc1. The van der Waals surface area contributed by atoms with Crippen LogP contribution in [0.2, 0.25) is 5.02 Å². The summed E-state index contributed by atoms with van der Waals surface area (Å²) >= 11 is 5.92. The van der Waals surface area contributed by atoms with Crippen molar-refractivity contribution >= 4 is 38.9 Å². The predicted octanol–water partition coefficient (Wildman–Crippen LogP) is 5.28. The van der Waals surface area contributed by atoms with E-state index in [4.69, 9.17) is 16.3 Å². The van der Waals surface area contributed by atoms with Crippen LogP contribution in [0, 0.1) is 0 Å². The Balaban J connectivity index is 1.57. The van der Waals surface area contributed by atoms with Gasteiger partial charge in [-0.15, -0.1) is 0 Å². The van der Waals surface area contributed by atoms with Crippen LogP contribution < -0.4 is 14.4 Å². The maximum atomic E-state index is 13.4. The van der Waals surface area contributed by atoms with Crippen molar-refractivity contribution in [3.05, 3.63) is 83.4 Å². The number of nitrogens with one attached hydrogen (secondary N) is 1. The Labute approximate surface area is 199 Å². The number of benzene rings is 3. The first kappa shape index (κ1) is 23.1. The molecule has 172 valence electrons. The first-order chi connectivity index (χ1) is 15.9. The molecule has 0 saturated carbocycles. The zero-order chi connectivity index (χ0) is 23.4. The standard InChI is InChI=1S/C25H25ClN2O4S/c1-2-3-6-18-9-13-20(14-10-18)27-25(29)24-17-28(22-7-4-5-8-23(22)32-24)33(30,31)21-15-11-19(26)12-16-21/h4-5,7-16,24H,2-3,6,17H2,1H3,(H,27,29)/t24-/m0/s1. The number of nitrogens with zero attached hydrogens (tertiary/aromatic N) is 1. The van der Waals surface area contributed by atoms with Crippen LogP contribution in [0.1, 0.15) is 25.3 Å². The maximum absolute atomic E-state index is 13.4. The third kappa shape index (κ3) is 5.15. The van der Waals surface area contributed by atoms with Crippen LogP contribution in [-0.2, 0) is 21.2 Å².